The summed E-state index contributed by atoms with van der Waals surface area (Å²) in [5, 5.41) is 13.5. The number of pyridine rings is 1. The quantitative estimate of drug-likeness (QED) is 0.346. The standard InChI is InChI=1S/C29H26Cl2N4O2/c1-34-17-32-15-27(34)29(37,26-10-8-22(31)14-33-26)20-7-9-25-24(12-20)23(19-3-2-4-21(30)11-19)13-28(36)35(25)16-18-5-6-18/h2-4,7-12,14-15,17-18,23,37H,5-6,13,16H2,1H3. The Kier molecular flexibility index (Phi) is 6.06. The molecule has 6 rings (SSSR count). The number of imidazole rings is 1. The highest BCUT2D eigenvalue weighted by Gasteiger charge is 2.41. The van der Waals surface area contributed by atoms with Gasteiger partial charge in [0.1, 0.15) is 0 Å². The summed E-state index contributed by atoms with van der Waals surface area (Å²) in [6, 6.07) is 17.0. The van der Waals surface area contributed by atoms with Crippen molar-refractivity contribution >= 4 is 34.8 Å². The lowest BCUT2D eigenvalue weighted by Gasteiger charge is -2.36. The monoisotopic (exact) mass is 532 g/mol. The van der Waals surface area contributed by atoms with Crippen LogP contribution in [0.25, 0.3) is 0 Å². The summed E-state index contributed by atoms with van der Waals surface area (Å²) in [5.74, 6) is 0.466. The summed E-state index contributed by atoms with van der Waals surface area (Å²) in [5.41, 5.74) is 2.89. The first-order valence-electron chi connectivity index (χ1n) is 12.4. The average Bonchev–Trinajstić information content (AvgIpc) is 3.62. The number of anilines is 1. The number of hydrogen-bond donors (Lipinski definition) is 1. The van der Waals surface area contributed by atoms with Gasteiger partial charge in [0.15, 0.2) is 5.60 Å². The van der Waals surface area contributed by atoms with Crippen molar-refractivity contribution in [2.24, 2.45) is 13.0 Å². The SMILES string of the molecule is Cn1cncc1C(O)(c1ccc2c(c1)C(c1cccc(Cl)c1)CC(=O)N2CC1CC1)c1ccc(Cl)cn1. The zero-order valence-corrected chi connectivity index (χ0v) is 21.8. The molecule has 1 aliphatic carbocycles. The van der Waals surface area contributed by atoms with Crippen molar-refractivity contribution in [3.05, 3.63) is 111 Å². The normalized spacial score (nSPS) is 19.0. The maximum absolute atomic E-state index is 13.4. The third-order valence-corrected chi connectivity index (χ3v) is 7.92. The minimum atomic E-state index is -1.59. The van der Waals surface area contributed by atoms with Crippen LogP contribution in [0.2, 0.25) is 10.0 Å². The molecule has 1 amide bonds. The Morgan fingerprint density at radius 1 is 1.05 bits per heavy atom. The molecule has 0 spiro atoms. The van der Waals surface area contributed by atoms with E-state index in [2.05, 4.69) is 9.97 Å². The van der Waals surface area contributed by atoms with Crippen molar-refractivity contribution in [3.8, 4) is 0 Å². The smallest absolute Gasteiger partial charge is 0.227 e. The fraction of sp³-hybridized carbons (Fsp3) is 0.276. The topological polar surface area (TPSA) is 71.2 Å². The van der Waals surface area contributed by atoms with Gasteiger partial charge in [0.2, 0.25) is 5.91 Å². The van der Waals surface area contributed by atoms with Crippen molar-refractivity contribution in [2.75, 3.05) is 11.4 Å². The molecule has 2 unspecified atom stereocenters. The molecule has 1 aliphatic heterocycles. The Morgan fingerprint density at radius 2 is 1.89 bits per heavy atom. The van der Waals surface area contributed by atoms with E-state index in [9.17, 15) is 9.90 Å². The van der Waals surface area contributed by atoms with Crippen molar-refractivity contribution in [2.45, 2.75) is 30.8 Å². The van der Waals surface area contributed by atoms with Gasteiger partial charge in [-0.05, 0) is 71.8 Å². The van der Waals surface area contributed by atoms with Gasteiger partial charge in [-0.25, -0.2) is 4.98 Å². The maximum Gasteiger partial charge on any atom is 0.227 e. The van der Waals surface area contributed by atoms with Gasteiger partial charge in [-0.3, -0.25) is 9.78 Å². The molecule has 1 saturated carbocycles. The molecule has 37 heavy (non-hydrogen) atoms. The minimum absolute atomic E-state index is 0.110. The van der Waals surface area contributed by atoms with Crippen LogP contribution in [0.5, 0.6) is 0 Å². The summed E-state index contributed by atoms with van der Waals surface area (Å²) in [6.07, 6.45) is 7.47. The van der Waals surface area contributed by atoms with Crippen LogP contribution in [-0.4, -0.2) is 32.1 Å². The highest BCUT2D eigenvalue weighted by atomic mass is 35.5. The van der Waals surface area contributed by atoms with Crippen molar-refractivity contribution in [1.29, 1.82) is 0 Å². The third kappa shape index (κ3) is 4.33. The van der Waals surface area contributed by atoms with Gasteiger partial charge < -0.3 is 14.6 Å². The number of aromatic nitrogens is 3. The summed E-state index contributed by atoms with van der Waals surface area (Å²) in [7, 11) is 1.84. The number of fused-ring (bicyclic) bond motifs is 1. The third-order valence-electron chi connectivity index (χ3n) is 7.47. The molecule has 6 nitrogen and oxygen atoms in total. The van der Waals surface area contributed by atoms with E-state index >= 15 is 0 Å². The second kappa shape index (κ2) is 9.28. The van der Waals surface area contributed by atoms with Crippen molar-refractivity contribution < 1.29 is 9.90 Å². The van der Waals surface area contributed by atoms with Gasteiger partial charge >= 0.3 is 0 Å². The van der Waals surface area contributed by atoms with Crippen LogP contribution in [0.3, 0.4) is 0 Å². The van der Waals surface area contributed by atoms with Crippen LogP contribution in [0, 0.1) is 5.92 Å². The van der Waals surface area contributed by atoms with E-state index in [1.54, 1.807) is 29.2 Å². The van der Waals surface area contributed by atoms with Gasteiger partial charge in [0, 0.05) is 42.8 Å². The number of hydrogen-bond acceptors (Lipinski definition) is 4. The number of nitrogens with zero attached hydrogens (tertiary/aromatic N) is 4. The molecule has 1 fully saturated rings. The van der Waals surface area contributed by atoms with Crippen LogP contribution in [0.4, 0.5) is 5.69 Å². The summed E-state index contributed by atoms with van der Waals surface area (Å²) < 4.78 is 1.78. The number of amides is 1. The number of aliphatic hydroxyl groups is 1. The maximum atomic E-state index is 13.4. The summed E-state index contributed by atoms with van der Waals surface area (Å²) in [6.45, 7) is 0.720. The van der Waals surface area contributed by atoms with E-state index in [1.807, 2.05) is 54.4 Å². The van der Waals surface area contributed by atoms with Crippen LogP contribution < -0.4 is 4.90 Å². The first-order valence-corrected chi connectivity index (χ1v) is 13.1. The highest BCUT2D eigenvalue weighted by Crippen LogP contribution is 2.45. The second-order valence-electron chi connectivity index (χ2n) is 9.99. The molecule has 2 aromatic heterocycles. The summed E-state index contributed by atoms with van der Waals surface area (Å²) >= 11 is 12.5. The van der Waals surface area contributed by atoms with E-state index in [1.165, 1.54) is 6.20 Å². The molecule has 4 aromatic rings. The molecule has 188 valence electrons. The lowest BCUT2D eigenvalue weighted by molar-refractivity contribution is -0.119. The van der Waals surface area contributed by atoms with Gasteiger partial charge in [0.25, 0.3) is 0 Å². The Hall–Kier alpha value is -3.19. The second-order valence-corrected chi connectivity index (χ2v) is 10.9. The number of carbonyl (C=O) groups excluding carboxylic acids is 1. The molecular weight excluding hydrogens is 507 g/mol. The predicted molar refractivity (Wildman–Crippen MR) is 144 cm³/mol. The molecule has 1 N–H and O–H groups in total. The lowest BCUT2D eigenvalue weighted by atomic mass is 9.79. The molecule has 8 heteroatoms. The van der Waals surface area contributed by atoms with Gasteiger partial charge in [-0.15, -0.1) is 0 Å². The molecule has 0 radical (unpaired) electrons. The number of rotatable bonds is 6. The fourth-order valence-corrected chi connectivity index (χ4v) is 5.65. The lowest BCUT2D eigenvalue weighted by Crippen LogP contribution is -2.39. The molecule has 0 saturated heterocycles. The zero-order valence-electron chi connectivity index (χ0n) is 20.3. The number of aryl methyl sites for hydroxylation is 1. The van der Waals surface area contributed by atoms with Crippen molar-refractivity contribution in [1.82, 2.24) is 14.5 Å². The van der Waals surface area contributed by atoms with Crippen LogP contribution in [-0.2, 0) is 17.4 Å². The van der Waals surface area contributed by atoms with E-state index in [4.69, 9.17) is 23.2 Å². The van der Waals surface area contributed by atoms with Crippen LogP contribution >= 0.6 is 23.2 Å². The number of carbonyl (C=O) groups is 1. The van der Waals surface area contributed by atoms with Gasteiger partial charge in [-0.1, -0.05) is 41.4 Å². The Bertz CT molecular complexity index is 1480. The largest absolute Gasteiger partial charge is 0.373 e. The zero-order chi connectivity index (χ0) is 25.7. The van der Waals surface area contributed by atoms with Gasteiger partial charge in [0.05, 0.1) is 28.9 Å². The Balaban J connectivity index is 1.55. The van der Waals surface area contributed by atoms with E-state index in [0.29, 0.717) is 39.3 Å². The van der Waals surface area contributed by atoms with Crippen LogP contribution in [0.1, 0.15) is 53.3 Å². The minimum Gasteiger partial charge on any atom is -0.373 e. The van der Waals surface area contributed by atoms with Crippen molar-refractivity contribution in [3.63, 3.8) is 0 Å². The molecule has 0 bridgehead atoms. The van der Waals surface area contributed by atoms with E-state index < -0.39 is 5.60 Å². The van der Waals surface area contributed by atoms with E-state index in [0.717, 1.165) is 36.2 Å². The Labute approximate surface area is 225 Å². The number of benzene rings is 2. The van der Waals surface area contributed by atoms with Crippen LogP contribution in [0.15, 0.2) is 73.3 Å². The number of halogens is 2. The average molecular weight is 533 g/mol. The Morgan fingerprint density at radius 3 is 2.57 bits per heavy atom. The summed E-state index contributed by atoms with van der Waals surface area (Å²) in [4.78, 5) is 24.0. The highest BCUT2D eigenvalue weighted by molar-refractivity contribution is 6.30. The molecule has 2 aromatic carbocycles. The van der Waals surface area contributed by atoms with E-state index in [-0.39, 0.29) is 11.8 Å². The van der Waals surface area contributed by atoms with Gasteiger partial charge in [-0.2, -0.15) is 0 Å². The fourth-order valence-electron chi connectivity index (χ4n) is 5.34. The predicted octanol–water partition coefficient (Wildman–Crippen LogP) is 5.68. The molecule has 2 aliphatic rings. The first-order chi connectivity index (χ1) is 17.8. The molecule has 3 heterocycles. The first kappa shape index (κ1) is 24.2. The molecule has 2 atom stereocenters. The molecular formula is C29H26Cl2N4O2.